The van der Waals surface area contributed by atoms with Crippen molar-refractivity contribution in [2.75, 3.05) is 29.0 Å². The molecule has 1 fully saturated rings. The van der Waals surface area contributed by atoms with Crippen LogP contribution in [0.5, 0.6) is 0 Å². The van der Waals surface area contributed by atoms with Crippen LogP contribution in [0.3, 0.4) is 0 Å². The van der Waals surface area contributed by atoms with E-state index in [4.69, 9.17) is 11.5 Å². The maximum atomic E-state index is 13.7. The lowest BCUT2D eigenvalue weighted by molar-refractivity contribution is 0.500. The van der Waals surface area contributed by atoms with Gasteiger partial charge in [0, 0.05) is 37.3 Å². The second-order valence-corrected chi connectivity index (χ2v) is 5.53. The maximum Gasteiger partial charge on any atom is 0.223 e. The van der Waals surface area contributed by atoms with E-state index in [1.807, 2.05) is 4.90 Å². The van der Waals surface area contributed by atoms with Crippen LogP contribution < -0.4 is 21.7 Å². The molecule has 0 saturated carbocycles. The number of nitrogens with one attached hydrogen (secondary N) is 1. The van der Waals surface area contributed by atoms with Crippen molar-refractivity contribution in [1.82, 2.24) is 9.97 Å². The largest absolute Gasteiger partial charge is 0.368 e. The number of rotatable bonds is 4. The molecule has 5 N–H and O–H groups in total. The Hall–Kier alpha value is -2.48. The Kier molecular flexibility index (Phi) is 4.24. The summed E-state index contributed by atoms with van der Waals surface area (Å²) in [6.45, 7) is 1.60. The standard InChI is InChI=1S/C15H18F2N6/c16-11-3-1-2-9(14(11)17)7-20-12-6-13(22-15(19)21-12)23-5-4-10(18)8-23/h1-3,6,10H,4-5,7-8,18H2,(H3,19,20,21,22)/t10-/m1/s1. The monoisotopic (exact) mass is 320 g/mol. The minimum Gasteiger partial charge on any atom is -0.368 e. The fraction of sp³-hybridized carbons (Fsp3) is 0.333. The molecule has 1 aliphatic rings. The summed E-state index contributed by atoms with van der Waals surface area (Å²) >= 11 is 0. The molecule has 0 unspecified atom stereocenters. The Bertz CT molecular complexity index is 708. The number of aromatic nitrogens is 2. The van der Waals surface area contributed by atoms with Gasteiger partial charge in [0.15, 0.2) is 11.6 Å². The molecule has 0 amide bonds. The van der Waals surface area contributed by atoms with E-state index in [-0.39, 0.29) is 24.1 Å². The molecule has 3 rings (SSSR count). The van der Waals surface area contributed by atoms with Gasteiger partial charge < -0.3 is 21.7 Å². The first-order valence-electron chi connectivity index (χ1n) is 7.35. The van der Waals surface area contributed by atoms with Crippen LogP contribution >= 0.6 is 0 Å². The van der Waals surface area contributed by atoms with E-state index in [1.165, 1.54) is 12.1 Å². The smallest absolute Gasteiger partial charge is 0.223 e. The van der Waals surface area contributed by atoms with Crippen LogP contribution in [0, 0.1) is 11.6 Å². The number of hydrogen-bond acceptors (Lipinski definition) is 6. The molecule has 0 bridgehead atoms. The third-order valence-electron chi connectivity index (χ3n) is 3.77. The van der Waals surface area contributed by atoms with Crippen molar-refractivity contribution in [1.29, 1.82) is 0 Å². The quantitative estimate of drug-likeness (QED) is 0.790. The number of anilines is 3. The van der Waals surface area contributed by atoms with Crippen LogP contribution in [0.25, 0.3) is 0 Å². The molecule has 1 aromatic heterocycles. The van der Waals surface area contributed by atoms with E-state index in [0.29, 0.717) is 18.2 Å². The molecule has 1 aliphatic heterocycles. The molecule has 8 heteroatoms. The van der Waals surface area contributed by atoms with Gasteiger partial charge in [0.2, 0.25) is 5.95 Å². The van der Waals surface area contributed by atoms with E-state index in [1.54, 1.807) is 6.07 Å². The highest BCUT2D eigenvalue weighted by Gasteiger charge is 2.21. The minimum absolute atomic E-state index is 0.0962. The van der Waals surface area contributed by atoms with Crippen LogP contribution in [0.1, 0.15) is 12.0 Å². The van der Waals surface area contributed by atoms with Crippen molar-refractivity contribution in [3.63, 3.8) is 0 Å². The number of nitrogens with two attached hydrogens (primary N) is 2. The van der Waals surface area contributed by atoms with Crippen LogP contribution in [0.4, 0.5) is 26.4 Å². The summed E-state index contributed by atoms with van der Waals surface area (Å²) in [5, 5.41) is 2.95. The van der Waals surface area contributed by atoms with Crippen molar-refractivity contribution < 1.29 is 8.78 Å². The average molecular weight is 320 g/mol. The maximum absolute atomic E-state index is 13.7. The summed E-state index contributed by atoms with van der Waals surface area (Å²) in [7, 11) is 0. The van der Waals surface area contributed by atoms with E-state index in [2.05, 4.69) is 15.3 Å². The van der Waals surface area contributed by atoms with Crippen LogP contribution in [0.15, 0.2) is 24.3 Å². The number of hydrogen-bond donors (Lipinski definition) is 3. The SMILES string of the molecule is Nc1nc(NCc2cccc(F)c2F)cc(N2CC[C@@H](N)C2)n1. The number of nitrogens with zero attached hydrogens (tertiary/aromatic N) is 3. The van der Waals surface area contributed by atoms with E-state index >= 15 is 0 Å². The predicted molar refractivity (Wildman–Crippen MR) is 84.9 cm³/mol. The summed E-state index contributed by atoms with van der Waals surface area (Å²) in [5.41, 5.74) is 11.8. The third-order valence-corrected chi connectivity index (χ3v) is 3.77. The molecule has 1 atom stereocenters. The van der Waals surface area contributed by atoms with Crippen molar-refractivity contribution in [2.24, 2.45) is 5.73 Å². The fourth-order valence-corrected chi connectivity index (χ4v) is 2.57. The predicted octanol–water partition coefficient (Wildman–Crippen LogP) is 1.49. The van der Waals surface area contributed by atoms with Crippen molar-refractivity contribution in [2.45, 2.75) is 19.0 Å². The second-order valence-electron chi connectivity index (χ2n) is 5.53. The Balaban J connectivity index is 1.75. The summed E-state index contributed by atoms with van der Waals surface area (Å²) in [5.74, 6) is -0.500. The molecule has 6 nitrogen and oxygen atoms in total. The van der Waals surface area contributed by atoms with E-state index < -0.39 is 11.6 Å². The highest BCUT2D eigenvalue weighted by molar-refractivity contribution is 5.53. The van der Waals surface area contributed by atoms with Gasteiger partial charge in [0.05, 0.1) is 0 Å². The molecule has 0 spiro atoms. The van der Waals surface area contributed by atoms with Gasteiger partial charge in [0.1, 0.15) is 11.6 Å². The zero-order valence-corrected chi connectivity index (χ0v) is 12.5. The summed E-state index contributed by atoms with van der Waals surface area (Å²) < 4.78 is 26.9. The topological polar surface area (TPSA) is 93.1 Å². The summed E-state index contributed by atoms with van der Waals surface area (Å²) in [4.78, 5) is 10.3. The molecule has 2 heterocycles. The van der Waals surface area contributed by atoms with Crippen LogP contribution in [-0.4, -0.2) is 29.1 Å². The van der Waals surface area contributed by atoms with Gasteiger partial charge >= 0.3 is 0 Å². The van der Waals surface area contributed by atoms with Gasteiger partial charge in [0.25, 0.3) is 0 Å². The van der Waals surface area contributed by atoms with Crippen molar-refractivity contribution >= 4 is 17.6 Å². The van der Waals surface area contributed by atoms with Crippen LogP contribution in [0.2, 0.25) is 0 Å². The molecule has 0 aliphatic carbocycles. The zero-order valence-electron chi connectivity index (χ0n) is 12.5. The van der Waals surface area contributed by atoms with Gasteiger partial charge in [-0.3, -0.25) is 0 Å². The molecular formula is C15H18F2N6. The lowest BCUT2D eigenvalue weighted by atomic mass is 10.2. The highest BCUT2D eigenvalue weighted by atomic mass is 19.2. The molecule has 23 heavy (non-hydrogen) atoms. The van der Waals surface area contributed by atoms with Crippen molar-refractivity contribution in [3.8, 4) is 0 Å². The Labute approximate surface area is 132 Å². The lowest BCUT2D eigenvalue weighted by Crippen LogP contribution is -2.27. The highest BCUT2D eigenvalue weighted by Crippen LogP contribution is 2.22. The zero-order chi connectivity index (χ0) is 16.4. The fourth-order valence-electron chi connectivity index (χ4n) is 2.57. The lowest BCUT2D eigenvalue weighted by Gasteiger charge is -2.18. The van der Waals surface area contributed by atoms with Gasteiger partial charge in [-0.25, -0.2) is 8.78 Å². The van der Waals surface area contributed by atoms with Gasteiger partial charge in [-0.15, -0.1) is 0 Å². The van der Waals surface area contributed by atoms with Gasteiger partial charge in [-0.05, 0) is 12.5 Å². The normalized spacial score (nSPS) is 17.5. The first kappa shape index (κ1) is 15.4. The Morgan fingerprint density at radius 2 is 2.13 bits per heavy atom. The molecule has 1 aromatic carbocycles. The minimum atomic E-state index is -0.877. The number of halogens is 2. The van der Waals surface area contributed by atoms with Crippen LogP contribution in [-0.2, 0) is 6.54 Å². The summed E-state index contributed by atoms with van der Waals surface area (Å²) in [6.07, 6.45) is 0.890. The number of nitrogen functional groups attached to an aromatic ring is 1. The molecule has 122 valence electrons. The van der Waals surface area contributed by atoms with Crippen molar-refractivity contribution in [3.05, 3.63) is 41.5 Å². The second kappa shape index (κ2) is 6.33. The average Bonchev–Trinajstić information content (AvgIpc) is 2.95. The van der Waals surface area contributed by atoms with E-state index in [9.17, 15) is 8.78 Å². The van der Waals surface area contributed by atoms with E-state index in [0.717, 1.165) is 19.0 Å². The molecule has 1 saturated heterocycles. The van der Waals surface area contributed by atoms with Gasteiger partial charge in [-0.2, -0.15) is 9.97 Å². The molecule has 0 radical (unpaired) electrons. The van der Waals surface area contributed by atoms with Gasteiger partial charge in [-0.1, -0.05) is 12.1 Å². The Morgan fingerprint density at radius 3 is 2.87 bits per heavy atom. The Morgan fingerprint density at radius 1 is 1.30 bits per heavy atom. The number of benzene rings is 1. The molecule has 2 aromatic rings. The molecular weight excluding hydrogens is 302 g/mol. The third kappa shape index (κ3) is 3.48. The first-order valence-corrected chi connectivity index (χ1v) is 7.35. The summed E-state index contributed by atoms with van der Waals surface area (Å²) in [6, 6.07) is 5.89. The first-order chi connectivity index (χ1) is 11.0.